The molecular weight excluding hydrogens is 325 g/mol. The van der Waals surface area contributed by atoms with Gasteiger partial charge in [-0.15, -0.1) is 13.2 Å². The Morgan fingerprint density at radius 2 is 1.44 bits per heavy atom. The van der Waals surface area contributed by atoms with Crippen LogP contribution in [0, 0.1) is 17.8 Å². The summed E-state index contributed by atoms with van der Waals surface area (Å²) >= 11 is 0. The summed E-state index contributed by atoms with van der Waals surface area (Å²) in [7, 11) is 0. The molecule has 0 heterocycles. The molecule has 0 aromatic heterocycles. The first-order chi connectivity index (χ1) is 13.6. The lowest BCUT2D eigenvalue weighted by atomic mass is 9.68. The number of hydrogen-bond donors (Lipinski definition) is 0. The van der Waals surface area contributed by atoms with Crippen molar-refractivity contribution in [2.75, 3.05) is 0 Å². The van der Waals surface area contributed by atoms with E-state index in [4.69, 9.17) is 5.48 Å². The van der Waals surface area contributed by atoms with Crippen molar-refractivity contribution in [3.8, 4) is 5.75 Å². The zero-order valence-corrected chi connectivity index (χ0v) is 14.7. The first kappa shape index (κ1) is 13.9. The number of hydrogen-bond acceptors (Lipinski definition) is 1. The maximum atomic E-state index is 12.6. The summed E-state index contributed by atoms with van der Waals surface area (Å²) in [5.41, 5.74) is 0.239. The first-order valence-electron chi connectivity index (χ1n) is 11.5. The SMILES string of the molecule is [2H]c1c([2H])c(C2CCC(C3CCC(CC)CC3)CC2)c([2H])c([2H])c1OC(F)(F)F. The van der Waals surface area contributed by atoms with Crippen LogP contribution >= 0.6 is 0 Å². The molecule has 0 unspecified atom stereocenters. The maximum Gasteiger partial charge on any atom is 0.573 e. The van der Waals surface area contributed by atoms with Crippen molar-refractivity contribution in [3.05, 3.63) is 29.7 Å². The molecular formula is C21H29F3O. The van der Waals surface area contributed by atoms with E-state index in [2.05, 4.69) is 11.7 Å². The van der Waals surface area contributed by atoms with Gasteiger partial charge in [-0.25, -0.2) is 0 Å². The van der Waals surface area contributed by atoms with Gasteiger partial charge >= 0.3 is 6.36 Å². The van der Waals surface area contributed by atoms with E-state index in [1.807, 2.05) is 0 Å². The second kappa shape index (κ2) is 8.01. The third kappa shape index (κ3) is 5.15. The maximum absolute atomic E-state index is 12.6. The zero-order chi connectivity index (χ0) is 21.3. The normalized spacial score (nSPS) is 33.1. The van der Waals surface area contributed by atoms with Crippen molar-refractivity contribution in [3.63, 3.8) is 0 Å². The number of benzene rings is 1. The Morgan fingerprint density at radius 1 is 0.920 bits per heavy atom. The van der Waals surface area contributed by atoms with E-state index in [0.717, 1.165) is 37.5 Å². The van der Waals surface area contributed by atoms with Gasteiger partial charge in [-0.2, -0.15) is 0 Å². The van der Waals surface area contributed by atoms with E-state index >= 15 is 0 Å². The van der Waals surface area contributed by atoms with Crippen LogP contribution in [0.25, 0.3) is 0 Å². The van der Waals surface area contributed by atoms with Gasteiger partial charge in [0.05, 0.1) is 5.48 Å². The molecule has 1 aromatic rings. The van der Waals surface area contributed by atoms with Gasteiger partial charge in [-0.1, -0.05) is 38.3 Å². The fourth-order valence-electron chi connectivity index (χ4n) is 4.63. The molecule has 3 rings (SSSR count). The molecule has 25 heavy (non-hydrogen) atoms. The predicted octanol–water partition coefficient (Wildman–Crippen LogP) is 7.08. The van der Waals surface area contributed by atoms with Gasteiger partial charge in [-0.3, -0.25) is 0 Å². The molecule has 0 amide bonds. The Hall–Kier alpha value is -1.19. The zero-order valence-electron chi connectivity index (χ0n) is 18.7. The first-order valence-corrected chi connectivity index (χ1v) is 9.48. The van der Waals surface area contributed by atoms with Crippen LogP contribution in [0.3, 0.4) is 0 Å². The molecule has 4 heteroatoms. The molecule has 0 saturated heterocycles. The lowest BCUT2D eigenvalue weighted by molar-refractivity contribution is -0.274. The molecule has 140 valence electrons. The van der Waals surface area contributed by atoms with Crippen LogP contribution in [0.5, 0.6) is 5.75 Å². The molecule has 2 fully saturated rings. The summed E-state index contributed by atoms with van der Waals surface area (Å²) in [5.74, 6) is 1.02. The van der Waals surface area contributed by atoms with E-state index in [1.165, 1.54) is 32.1 Å². The molecule has 1 nitrogen and oxygen atoms in total. The molecule has 0 atom stereocenters. The Bertz CT molecular complexity index is 693. The number of halogens is 3. The highest BCUT2D eigenvalue weighted by Crippen LogP contribution is 2.44. The summed E-state index contributed by atoms with van der Waals surface area (Å²) in [6.45, 7) is 2.25. The topological polar surface area (TPSA) is 9.23 Å². The van der Waals surface area contributed by atoms with Crippen molar-refractivity contribution >= 4 is 0 Å². The van der Waals surface area contributed by atoms with E-state index in [0.29, 0.717) is 5.92 Å². The van der Waals surface area contributed by atoms with Crippen molar-refractivity contribution in [2.24, 2.45) is 17.8 Å². The Morgan fingerprint density at radius 3 is 1.92 bits per heavy atom. The summed E-state index contributed by atoms with van der Waals surface area (Å²) in [6.07, 6.45) is 4.77. The molecule has 0 aliphatic heterocycles. The van der Waals surface area contributed by atoms with Gasteiger partial charge in [0.25, 0.3) is 0 Å². The highest BCUT2D eigenvalue weighted by Gasteiger charge is 2.32. The molecule has 2 saturated carbocycles. The molecule has 0 bridgehead atoms. The fourth-order valence-corrected chi connectivity index (χ4v) is 4.63. The van der Waals surface area contributed by atoms with Crippen molar-refractivity contribution in [1.82, 2.24) is 0 Å². The number of rotatable bonds is 4. The highest BCUT2D eigenvalue weighted by atomic mass is 19.4. The predicted molar refractivity (Wildman–Crippen MR) is 93.6 cm³/mol. The molecule has 0 spiro atoms. The van der Waals surface area contributed by atoms with E-state index in [1.54, 1.807) is 0 Å². The third-order valence-electron chi connectivity index (χ3n) is 6.15. The minimum Gasteiger partial charge on any atom is -0.406 e. The van der Waals surface area contributed by atoms with Crippen molar-refractivity contribution in [1.29, 1.82) is 0 Å². The molecule has 0 radical (unpaired) electrons. The van der Waals surface area contributed by atoms with Gasteiger partial charge in [0.1, 0.15) is 5.75 Å². The van der Waals surface area contributed by atoms with Crippen molar-refractivity contribution in [2.45, 2.75) is 77.0 Å². The minimum atomic E-state index is -5.05. The molecule has 1 aromatic carbocycles. The van der Waals surface area contributed by atoms with Crippen LogP contribution in [0.15, 0.2) is 24.2 Å². The summed E-state index contributed by atoms with van der Waals surface area (Å²) in [5, 5.41) is 0. The van der Waals surface area contributed by atoms with Gasteiger partial charge in [0, 0.05) is 0 Å². The Balaban J connectivity index is 1.72. The van der Waals surface area contributed by atoms with Crippen LogP contribution in [0.4, 0.5) is 13.2 Å². The van der Waals surface area contributed by atoms with E-state index < -0.39 is 36.3 Å². The lowest BCUT2D eigenvalue weighted by Crippen LogP contribution is -2.25. The largest absolute Gasteiger partial charge is 0.573 e. The van der Waals surface area contributed by atoms with Gasteiger partial charge < -0.3 is 4.74 Å². The monoisotopic (exact) mass is 358 g/mol. The number of alkyl halides is 3. The number of ether oxygens (including phenoxy) is 1. The average molecular weight is 358 g/mol. The highest BCUT2D eigenvalue weighted by molar-refractivity contribution is 5.29. The van der Waals surface area contributed by atoms with Crippen LogP contribution in [0.1, 0.15) is 81.7 Å². The second-order valence-electron chi connectivity index (χ2n) is 7.59. The van der Waals surface area contributed by atoms with Gasteiger partial charge in [0.2, 0.25) is 0 Å². The van der Waals surface area contributed by atoms with Crippen LogP contribution in [-0.4, -0.2) is 6.36 Å². The van der Waals surface area contributed by atoms with E-state index in [9.17, 15) is 13.2 Å². The second-order valence-corrected chi connectivity index (χ2v) is 7.59. The smallest absolute Gasteiger partial charge is 0.406 e. The summed E-state index contributed by atoms with van der Waals surface area (Å²) in [4.78, 5) is 0. The Labute approximate surface area is 154 Å². The lowest BCUT2D eigenvalue weighted by Gasteiger charge is -2.38. The third-order valence-corrected chi connectivity index (χ3v) is 6.15. The Kier molecular flexibility index (Phi) is 4.47. The molecule has 2 aliphatic carbocycles. The van der Waals surface area contributed by atoms with Crippen LogP contribution in [-0.2, 0) is 0 Å². The average Bonchev–Trinajstić information content (AvgIpc) is 2.70. The van der Waals surface area contributed by atoms with E-state index in [-0.39, 0.29) is 11.5 Å². The fraction of sp³-hybridized carbons (Fsp3) is 0.714. The van der Waals surface area contributed by atoms with Gasteiger partial charge in [0.15, 0.2) is 0 Å². The van der Waals surface area contributed by atoms with Gasteiger partial charge in [-0.05, 0) is 79.8 Å². The van der Waals surface area contributed by atoms with Crippen molar-refractivity contribution < 1.29 is 23.4 Å². The standard InChI is InChI=1S/C21H29F3O/c1-2-15-3-5-16(6-4-15)17-7-9-18(10-8-17)19-11-13-20(14-12-19)25-21(22,23)24/h11-18H,2-10H2,1H3/i11D,12D,13D,14D. The molecule has 2 aliphatic rings. The minimum absolute atomic E-state index is 0.147. The summed E-state index contributed by atoms with van der Waals surface area (Å²) < 4.78 is 73.6. The van der Waals surface area contributed by atoms with Crippen LogP contribution in [0.2, 0.25) is 0 Å². The summed E-state index contributed by atoms with van der Waals surface area (Å²) in [6, 6.07) is -2.31. The van der Waals surface area contributed by atoms with Crippen LogP contribution < -0.4 is 4.74 Å². The molecule has 0 N–H and O–H groups in total. The quantitative estimate of drug-likeness (QED) is 0.559.